The standard InChI is InChI=1S/C21H24F3N3O4/c1-4-15(13-6-5-7-14(11(13)2)21(22,23)24)27-19-18(20-30-8-9-31-20)16(10-17(28)29)25-12(3)26-19/h5-7,15,20H,4,8-10H2,1-3H3,(H,28,29)(H,25,26,27). The zero-order valence-electron chi connectivity index (χ0n) is 17.4. The van der Waals surface area contributed by atoms with Crippen LogP contribution in [0.15, 0.2) is 18.2 Å². The van der Waals surface area contributed by atoms with Crippen molar-refractivity contribution in [2.24, 2.45) is 0 Å². The molecule has 1 aliphatic heterocycles. The molecule has 1 unspecified atom stereocenters. The highest BCUT2D eigenvalue weighted by Gasteiger charge is 2.34. The van der Waals surface area contributed by atoms with Gasteiger partial charge in [-0.2, -0.15) is 13.2 Å². The third kappa shape index (κ3) is 5.13. The van der Waals surface area contributed by atoms with Crippen LogP contribution < -0.4 is 5.32 Å². The second kappa shape index (κ2) is 9.19. The van der Waals surface area contributed by atoms with E-state index in [-0.39, 0.29) is 17.7 Å². The van der Waals surface area contributed by atoms with Crippen molar-refractivity contribution >= 4 is 11.8 Å². The molecule has 10 heteroatoms. The predicted molar refractivity (Wildman–Crippen MR) is 106 cm³/mol. The Labute approximate surface area is 177 Å². The lowest BCUT2D eigenvalue weighted by Crippen LogP contribution is -2.20. The molecule has 31 heavy (non-hydrogen) atoms. The van der Waals surface area contributed by atoms with E-state index in [0.717, 1.165) is 6.07 Å². The molecule has 1 saturated heterocycles. The van der Waals surface area contributed by atoms with Crippen LogP contribution in [-0.2, 0) is 26.9 Å². The minimum atomic E-state index is -4.46. The number of aryl methyl sites for hydroxylation is 1. The molecule has 1 aliphatic rings. The van der Waals surface area contributed by atoms with Gasteiger partial charge < -0.3 is 19.9 Å². The first kappa shape index (κ1) is 23.0. The molecule has 1 atom stereocenters. The minimum Gasteiger partial charge on any atom is -0.481 e. The topological polar surface area (TPSA) is 93.6 Å². The number of nitrogens with zero attached hydrogens (tertiary/aromatic N) is 2. The van der Waals surface area contributed by atoms with Crippen molar-refractivity contribution in [2.45, 2.75) is 52.1 Å². The molecule has 0 amide bonds. The van der Waals surface area contributed by atoms with Gasteiger partial charge in [0.2, 0.25) is 0 Å². The number of carbonyl (C=O) groups is 1. The van der Waals surface area contributed by atoms with Gasteiger partial charge in [-0.05, 0) is 37.5 Å². The lowest BCUT2D eigenvalue weighted by Gasteiger charge is -2.25. The molecule has 168 valence electrons. The summed E-state index contributed by atoms with van der Waals surface area (Å²) in [4.78, 5) is 20.0. The highest BCUT2D eigenvalue weighted by atomic mass is 19.4. The van der Waals surface area contributed by atoms with E-state index in [1.165, 1.54) is 13.0 Å². The molecule has 2 aromatic rings. The first-order chi connectivity index (χ1) is 14.6. The van der Waals surface area contributed by atoms with Gasteiger partial charge in [-0.3, -0.25) is 4.79 Å². The molecule has 0 radical (unpaired) electrons. The highest BCUT2D eigenvalue weighted by Crippen LogP contribution is 2.37. The van der Waals surface area contributed by atoms with Gasteiger partial charge in [0.25, 0.3) is 0 Å². The number of rotatable bonds is 7. The number of anilines is 1. The number of carboxylic acid groups (broad SMARTS) is 1. The van der Waals surface area contributed by atoms with Crippen molar-refractivity contribution in [1.82, 2.24) is 9.97 Å². The summed E-state index contributed by atoms with van der Waals surface area (Å²) in [6, 6.07) is 3.56. The Morgan fingerprint density at radius 3 is 2.52 bits per heavy atom. The summed E-state index contributed by atoms with van der Waals surface area (Å²) in [6.07, 6.45) is -5.21. The lowest BCUT2D eigenvalue weighted by molar-refractivity contribution is -0.138. The zero-order chi connectivity index (χ0) is 22.8. The predicted octanol–water partition coefficient (Wildman–Crippen LogP) is 4.35. The number of benzene rings is 1. The van der Waals surface area contributed by atoms with Crippen molar-refractivity contribution < 1.29 is 32.5 Å². The maximum absolute atomic E-state index is 13.4. The fraction of sp³-hybridized carbons (Fsp3) is 0.476. The van der Waals surface area contributed by atoms with Gasteiger partial charge in [0, 0.05) is 0 Å². The first-order valence-corrected chi connectivity index (χ1v) is 9.87. The van der Waals surface area contributed by atoms with E-state index < -0.39 is 30.0 Å². The molecule has 0 bridgehead atoms. The Kier molecular flexibility index (Phi) is 6.80. The summed E-state index contributed by atoms with van der Waals surface area (Å²) in [5.41, 5.74) is 0.505. The fourth-order valence-corrected chi connectivity index (χ4v) is 3.70. The number of carboxylic acids is 1. The van der Waals surface area contributed by atoms with Gasteiger partial charge in [0.05, 0.1) is 42.5 Å². The van der Waals surface area contributed by atoms with Crippen LogP contribution in [0, 0.1) is 13.8 Å². The zero-order valence-corrected chi connectivity index (χ0v) is 17.4. The number of ether oxygens (including phenoxy) is 2. The van der Waals surface area contributed by atoms with E-state index in [2.05, 4.69) is 15.3 Å². The normalized spacial score (nSPS) is 15.8. The number of alkyl halides is 3. The molecule has 2 heterocycles. The molecule has 2 N–H and O–H groups in total. The summed E-state index contributed by atoms with van der Waals surface area (Å²) in [6.45, 7) is 5.55. The van der Waals surface area contributed by atoms with Crippen LogP contribution in [-0.4, -0.2) is 34.3 Å². The molecular formula is C21H24F3N3O4. The Hall–Kier alpha value is -2.72. The van der Waals surface area contributed by atoms with E-state index in [1.807, 2.05) is 6.92 Å². The third-order valence-electron chi connectivity index (χ3n) is 5.09. The van der Waals surface area contributed by atoms with Crippen molar-refractivity contribution in [3.8, 4) is 0 Å². The Morgan fingerprint density at radius 1 is 1.26 bits per heavy atom. The third-order valence-corrected chi connectivity index (χ3v) is 5.09. The quantitative estimate of drug-likeness (QED) is 0.663. The average molecular weight is 439 g/mol. The summed E-state index contributed by atoms with van der Waals surface area (Å²) in [7, 11) is 0. The van der Waals surface area contributed by atoms with Crippen LogP contribution in [0.2, 0.25) is 0 Å². The van der Waals surface area contributed by atoms with Gasteiger partial charge in [-0.1, -0.05) is 19.1 Å². The Balaban J connectivity index is 2.06. The first-order valence-electron chi connectivity index (χ1n) is 9.87. The molecule has 3 rings (SSSR count). The van der Waals surface area contributed by atoms with Crippen LogP contribution in [0.25, 0.3) is 0 Å². The monoisotopic (exact) mass is 439 g/mol. The van der Waals surface area contributed by atoms with Crippen LogP contribution in [0.4, 0.5) is 19.0 Å². The molecule has 0 spiro atoms. The van der Waals surface area contributed by atoms with E-state index in [0.29, 0.717) is 42.4 Å². The molecule has 1 aromatic carbocycles. The van der Waals surface area contributed by atoms with Crippen LogP contribution in [0.1, 0.15) is 59.4 Å². The summed E-state index contributed by atoms with van der Waals surface area (Å²) < 4.78 is 51.3. The fourth-order valence-electron chi connectivity index (χ4n) is 3.70. The van der Waals surface area contributed by atoms with Gasteiger partial charge in [0.15, 0.2) is 6.29 Å². The highest BCUT2D eigenvalue weighted by molar-refractivity contribution is 5.71. The van der Waals surface area contributed by atoms with Crippen molar-refractivity contribution in [2.75, 3.05) is 18.5 Å². The van der Waals surface area contributed by atoms with Crippen LogP contribution in [0.5, 0.6) is 0 Å². The van der Waals surface area contributed by atoms with E-state index in [1.54, 1.807) is 13.0 Å². The lowest BCUT2D eigenvalue weighted by atomic mass is 9.94. The number of aromatic nitrogens is 2. The maximum Gasteiger partial charge on any atom is 0.416 e. The number of hydrogen-bond donors (Lipinski definition) is 2. The van der Waals surface area contributed by atoms with Crippen molar-refractivity contribution in [3.05, 3.63) is 52.0 Å². The molecule has 0 saturated carbocycles. The van der Waals surface area contributed by atoms with Crippen LogP contribution >= 0.6 is 0 Å². The van der Waals surface area contributed by atoms with Gasteiger partial charge in [-0.25, -0.2) is 9.97 Å². The SMILES string of the molecule is CCC(Nc1nc(C)nc(CC(=O)O)c1C1OCCO1)c1cccc(C(F)(F)F)c1C. The van der Waals surface area contributed by atoms with Crippen molar-refractivity contribution in [1.29, 1.82) is 0 Å². The van der Waals surface area contributed by atoms with E-state index in [9.17, 15) is 23.1 Å². The maximum atomic E-state index is 13.4. The number of nitrogens with one attached hydrogen (secondary N) is 1. The number of hydrogen-bond acceptors (Lipinski definition) is 6. The number of halogens is 3. The Bertz CT molecular complexity index is 960. The molecular weight excluding hydrogens is 415 g/mol. The smallest absolute Gasteiger partial charge is 0.416 e. The summed E-state index contributed by atoms with van der Waals surface area (Å²) in [5, 5.41) is 12.5. The summed E-state index contributed by atoms with van der Waals surface area (Å²) >= 11 is 0. The van der Waals surface area contributed by atoms with E-state index in [4.69, 9.17) is 9.47 Å². The molecule has 0 aliphatic carbocycles. The number of aliphatic carboxylic acids is 1. The van der Waals surface area contributed by atoms with Gasteiger partial charge >= 0.3 is 12.1 Å². The van der Waals surface area contributed by atoms with Gasteiger partial charge in [0.1, 0.15) is 11.6 Å². The molecule has 1 fully saturated rings. The molecule has 1 aromatic heterocycles. The second-order valence-electron chi connectivity index (χ2n) is 7.25. The Morgan fingerprint density at radius 2 is 1.94 bits per heavy atom. The molecule has 7 nitrogen and oxygen atoms in total. The minimum absolute atomic E-state index is 0.126. The largest absolute Gasteiger partial charge is 0.481 e. The van der Waals surface area contributed by atoms with Crippen LogP contribution in [0.3, 0.4) is 0 Å². The van der Waals surface area contributed by atoms with Crippen molar-refractivity contribution in [3.63, 3.8) is 0 Å². The summed E-state index contributed by atoms with van der Waals surface area (Å²) in [5.74, 6) is -0.459. The second-order valence-corrected chi connectivity index (χ2v) is 7.25. The van der Waals surface area contributed by atoms with Gasteiger partial charge in [-0.15, -0.1) is 0 Å². The average Bonchev–Trinajstić information content (AvgIpc) is 3.19. The van der Waals surface area contributed by atoms with E-state index >= 15 is 0 Å².